The van der Waals surface area contributed by atoms with Crippen molar-refractivity contribution in [2.75, 3.05) is 6.61 Å². The van der Waals surface area contributed by atoms with Gasteiger partial charge in [0.25, 0.3) is 0 Å². The van der Waals surface area contributed by atoms with Gasteiger partial charge in [-0.2, -0.15) is 0 Å². The molecule has 0 spiro atoms. The topological polar surface area (TPSA) is 26.3 Å². The van der Waals surface area contributed by atoms with E-state index in [1.54, 1.807) is 6.07 Å². The second kappa shape index (κ2) is 5.89. The molecule has 1 atom stereocenters. The molecule has 0 aliphatic carbocycles. The first-order valence-electron chi connectivity index (χ1n) is 5.09. The number of ketones is 1. The van der Waals surface area contributed by atoms with Crippen LogP contribution >= 0.6 is 11.6 Å². The van der Waals surface area contributed by atoms with Crippen LogP contribution in [0.15, 0.2) is 24.3 Å². The Labute approximate surface area is 95.2 Å². The third kappa shape index (κ3) is 3.05. The van der Waals surface area contributed by atoms with Gasteiger partial charge in [0.15, 0.2) is 5.78 Å². The summed E-state index contributed by atoms with van der Waals surface area (Å²) in [7, 11) is 0. The number of benzene rings is 1. The molecule has 2 nitrogen and oxygen atoms in total. The lowest BCUT2D eigenvalue weighted by atomic mass is 10.0. The smallest absolute Gasteiger partial charge is 0.165 e. The maximum Gasteiger partial charge on any atom is 0.165 e. The van der Waals surface area contributed by atoms with E-state index in [1.165, 1.54) is 0 Å². The van der Waals surface area contributed by atoms with Crippen LogP contribution in [0.5, 0.6) is 0 Å². The Kier molecular flexibility index (Phi) is 4.79. The molecule has 0 N–H and O–H groups in total. The van der Waals surface area contributed by atoms with Crippen molar-refractivity contribution in [2.45, 2.75) is 26.4 Å². The summed E-state index contributed by atoms with van der Waals surface area (Å²) >= 11 is 6.02. The predicted molar refractivity (Wildman–Crippen MR) is 61.1 cm³/mol. The Morgan fingerprint density at radius 1 is 1.40 bits per heavy atom. The van der Waals surface area contributed by atoms with E-state index in [0.717, 1.165) is 5.56 Å². The molecule has 15 heavy (non-hydrogen) atoms. The molecular formula is C12H15ClO2. The molecule has 1 unspecified atom stereocenters. The molecule has 0 aromatic heterocycles. The molecule has 0 saturated carbocycles. The van der Waals surface area contributed by atoms with Gasteiger partial charge in [0.2, 0.25) is 0 Å². The van der Waals surface area contributed by atoms with E-state index in [-0.39, 0.29) is 5.78 Å². The largest absolute Gasteiger partial charge is 0.366 e. The minimum absolute atomic E-state index is 0.0601. The summed E-state index contributed by atoms with van der Waals surface area (Å²) in [6.45, 7) is 4.19. The summed E-state index contributed by atoms with van der Waals surface area (Å²) in [6.07, 6.45) is -0.0655. The van der Waals surface area contributed by atoms with Crippen LogP contribution in [0.1, 0.15) is 31.9 Å². The van der Waals surface area contributed by atoms with Gasteiger partial charge >= 0.3 is 0 Å². The number of halogens is 1. The monoisotopic (exact) mass is 226 g/mol. The second-order valence-corrected chi connectivity index (χ2v) is 3.58. The summed E-state index contributed by atoms with van der Waals surface area (Å²) in [5, 5.41) is 0.581. The zero-order valence-corrected chi connectivity index (χ0v) is 9.75. The molecule has 82 valence electrons. The quantitative estimate of drug-likeness (QED) is 0.769. The molecule has 0 aliphatic rings. The number of hydrogen-bond donors (Lipinski definition) is 0. The van der Waals surface area contributed by atoms with Crippen molar-refractivity contribution in [3.63, 3.8) is 0 Å². The van der Waals surface area contributed by atoms with E-state index in [0.29, 0.717) is 18.1 Å². The van der Waals surface area contributed by atoms with Gasteiger partial charge in [-0.05, 0) is 13.0 Å². The molecule has 0 heterocycles. The van der Waals surface area contributed by atoms with Gasteiger partial charge in [0, 0.05) is 23.6 Å². The van der Waals surface area contributed by atoms with Gasteiger partial charge in [-0.25, -0.2) is 0 Å². The fourth-order valence-electron chi connectivity index (χ4n) is 1.40. The van der Waals surface area contributed by atoms with Crippen molar-refractivity contribution < 1.29 is 9.53 Å². The second-order valence-electron chi connectivity index (χ2n) is 3.18. The van der Waals surface area contributed by atoms with Crippen molar-refractivity contribution in [3.05, 3.63) is 34.9 Å². The Morgan fingerprint density at radius 2 is 2.07 bits per heavy atom. The molecule has 0 aliphatic heterocycles. The first-order valence-corrected chi connectivity index (χ1v) is 5.47. The maximum absolute atomic E-state index is 11.7. The van der Waals surface area contributed by atoms with E-state index in [1.807, 2.05) is 32.0 Å². The molecule has 1 rings (SSSR count). The standard InChI is InChI=1S/C12H15ClO2/c1-3-11(14)12(15-4-2)9-7-5-6-8-10(9)13/h5-8,12H,3-4H2,1-2H3. The third-order valence-corrected chi connectivity index (χ3v) is 2.51. The SMILES string of the molecule is CCOC(C(=O)CC)c1ccccc1Cl. The Balaban J connectivity index is 2.98. The average molecular weight is 227 g/mol. The molecule has 1 aromatic carbocycles. The molecule has 0 radical (unpaired) electrons. The minimum Gasteiger partial charge on any atom is -0.366 e. The first kappa shape index (κ1) is 12.2. The van der Waals surface area contributed by atoms with Crippen LogP contribution in [0.4, 0.5) is 0 Å². The van der Waals surface area contributed by atoms with Crippen LogP contribution in [0.3, 0.4) is 0 Å². The molecule has 0 saturated heterocycles. The van der Waals surface area contributed by atoms with Crippen molar-refractivity contribution in [1.82, 2.24) is 0 Å². The number of hydrogen-bond acceptors (Lipinski definition) is 2. The van der Waals surface area contributed by atoms with Crippen molar-refractivity contribution >= 4 is 17.4 Å². The molecule has 1 aromatic rings. The highest BCUT2D eigenvalue weighted by atomic mass is 35.5. The van der Waals surface area contributed by atoms with Gasteiger partial charge < -0.3 is 4.74 Å². The molecular weight excluding hydrogens is 212 g/mol. The van der Waals surface area contributed by atoms with E-state index in [9.17, 15) is 4.79 Å². The van der Waals surface area contributed by atoms with Gasteiger partial charge in [0.1, 0.15) is 6.10 Å². The first-order chi connectivity index (χ1) is 7.20. The summed E-state index contributed by atoms with van der Waals surface area (Å²) in [4.78, 5) is 11.7. The zero-order chi connectivity index (χ0) is 11.3. The number of carbonyl (C=O) groups is 1. The van der Waals surface area contributed by atoms with Crippen molar-refractivity contribution in [3.8, 4) is 0 Å². The van der Waals surface area contributed by atoms with E-state index < -0.39 is 6.10 Å². The number of Topliss-reactive ketones (excluding diaryl/α,β-unsaturated/α-hetero) is 1. The van der Waals surface area contributed by atoms with Crippen LogP contribution < -0.4 is 0 Å². The van der Waals surface area contributed by atoms with E-state index >= 15 is 0 Å². The predicted octanol–water partition coefficient (Wildman–Crippen LogP) is 3.40. The van der Waals surface area contributed by atoms with Crippen LogP contribution in [-0.2, 0) is 9.53 Å². The van der Waals surface area contributed by atoms with Gasteiger partial charge in [-0.1, -0.05) is 36.7 Å². The van der Waals surface area contributed by atoms with Crippen LogP contribution in [0.25, 0.3) is 0 Å². The highest BCUT2D eigenvalue weighted by molar-refractivity contribution is 6.31. The average Bonchev–Trinajstić information content (AvgIpc) is 2.26. The Hall–Kier alpha value is -0.860. The highest BCUT2D eigenvalue weighted by Crippen LogP contribution is 2.26. The van der Waals surface area contributed by atoms with Gasteiger partial charge in [-0.15, -0.1) is 0 Å². The highest BCUT2D eigenvalue weighted by Gasteiger charge is 2.20. The summed E-state index contributed by atoms with van der Waals surface area (Å²) < 4.78 is 5.43. The van der Waals surface area contributed by atoms with E-state index in [2.05, 4.69) is 0 Å². The van der Waals surface area contributed by atoms with Gasteiger partial charge in [-0.3, -0.25) is 4.79 Å². The number of ether oxygens (including phenoxy) is 1. The number of rotatable bonds is 5. The molecule has 0 fully saturated rings. The maximum atomic E-state index is 11.7. The third-order valence-electron chi connectivity index (χ3n) is 2.16. The fraction of sp³-hybridized carbons (Fsp3) is 0.417. The van der Waals surface area contributed by atoms with Crippen LogP contribution in [0.2, 0.25) is 5.02 Å². The lowest BCUT2D eigenvalue weighted by molar-refractivity contribution is -0.130. The Bertz CT molecular complexity index is 336. The molecule has 0 bridgehead atoms. The summed E-state index contributed by atoms with van der Waals surface area (Å²) in [6, 6.07) is 7.30. The normalized spacial score (nSPS) is 12.5. The fourth-order valence-corrected chi connectivity index (χ4v) is 1.63. The van der Waals surface area contributed by atoms with Crippen molar-refractivity contribution in [1.29, 1.82) is 0 Å². The lowest BCUT2D eigenvalue weighted by Crippen LogP contribution is -2.15. The molecule has 3 heteroatoms. The Morgan fingerprint density at radius 3 is 2.60 bits per heavy atom. The summed E-state index contributed by atoms with van der Waals surface area (Å²) in [5.41, 5.74) is 0.757. The minimum atomic E-state index is -0.520. The summed E-state index contributed by atoms with van der Waals surface area (Å²) in [5.74, 6) is 0.0601. The van der Waals surface area contributed by atoms with Crippen LogP contribution in [0, 0.1) is 0 Å². The van der Waals surface area contributed by atoms with Crippen molar-refractivity contribution in [2.24, 2.45) is 0 Å². The van der Waals surface area contributed by atoms with E-state index in [4.69, 9.17) is 16.3 Å². The van der Waals surface area contributed by atoms with Crippen LogP contribution in [-0.4, -0.2) is 12.4 Å². The molecule has 0 amide bonds. The van der Waals surface area contributed by atoms with Gasteiger partial charge in [0.05, 0.1) is 0 Å². The lowest BCUT2D eigenvalue weighted by Gasteiger charge is -2.16. The number of carbonyl (C=O) groups excluding carboxylic acids is 1. The zero-order valence-electron chi connectivity index (χ0n) is 9.00.